The van der Waals surface area contributed by atoms with Crippen LogP contribution >= 0.6 is 0 Å². The van der Waals surface area contributed by atoms with E-state index in [4.69, 9.17) is 9.47 Å². The molecule has 0 unspecified atom stereocenters. The summed E-state index contributed by atoms with van der Waals surface area (Å²) in [5.41, 5.74) is 4.95. The van der Waals surface area contributed by atoms with Crippen LogP contribution in [0.3, 0.4) is 0 Å². The largest absolute Gasteiger partial charge is 0.493 e. The minimum atomic E-state index is -2.21. The molecule has 0 aliphatic carbocycles. The van der Waals surface area contributed by atoms with Crippen molar-refractivity contribution in [2.75, 3.05) is 48.4 Å². The van der Waals surface area contributed by atoms with Crippen molar-refractivity contribution in [3.8, 4) is 16.9 Å². The lowest BCUT2D eigenvalue weighted by Crippen LogP contribution is -2.36. The lowest BCUT2D eigenvalue weighted by atomic mass is 10.0. The van der Waals surface area contributed by atoms with E-state index in [9.17, 15) is 26.7 Å². The molecule has 0 bridgehead atoms. The number of fused-ring (bicyclic) bond motifs is 3. The van der Waals surface area contributed by atoms with Crippen molar-refractivity contribution < 1.29 is 36.2 Å². The van der Waals surface area contributed by atoms with Crippen molar-refractivity contribution in [3.05, 3.63) is 131 Å². The number of halogens is 5. The number of carbonyl (C=O) groups is 1. The van der Waals surface area contributed by atoms with E-state index in [-0.39, 0.29) is 5.91 Å². The zero-order valence-electron chi connectivity index (χ0n) is 27.5. The average molecular weight is 712 g/mol. The van der Waals surface area contributed by atoms with Crippen LogP contribution in [0.25, 0.3) is 22.0 Å². The number of hydrogen-bond donors (Lipinski definition) is 2. The molecule has 0 radical (unpaired) electrons. The van der Waals surface area contributed by atoms with Crippen LogP contribution in [0, 0.1) is 29.1 Å². The highest BCUT2D eigenvalue weighted by Gasteiger charge is 2.27. The monoisotopic (exact) mass is 711 g/mol. The van der Waals surface area contributed by atoms with Gasteiger partial charge in [-0.05, 0) is 65.7 Å². The Morgan fingerprint density at radius 3 is 2.29 bits per heavy atom. The molecule has 52 heavy (non-hydrogen) atoms. The maximum atomic E-state index is 14.6. The van der Waals surface area contributed by atoms with Crippen molar-refractivity contribution in [3.63, 3.8) is 0 Å². The first-order valence-corrected chi connectivity index (χ1v) is 16.6. The topological polar surface area (TPSA) is 80.6 Å². The molecule has 2 aliphatic heterocycles. The molecule has 2 aliphatic rings. The van der Waals surface area contributed by atoms with E-state index in [0.29, 0.717) is 57.7 Å². The lowest BCUT2D eigenvalue weighted by molar-refractivity contribution is 0.102. The molecule has 13 heteroatoms. The number of morpholine rings is 1. The van der Waals surface area contributed by atoms with Crippen molar-refractivity contribution in [1.82, 2.24) is 9.55 Å². The van der Waals surface area contributed by atoms with Crippen LogP contribution in [0.15, 0.2) is 85.3 Å². The number of carbonyl (C=O) groups excluding carboxylic acids is 1. The van der Waals surface area contributed by atoms with Gasteiger partial charge in [0.05, 0.1) is 60.7 Å². The molecule has 4 aromatic carbocycles. The van der Waals surface area contributed by atoms with Gasteiger partial charge in [0, 0.05) is 54.1 Å². The van der Waals surface area contributed by atoms with Crippen molar-refractivity contribution in [2.45, 2.75) is 13.0 Å². The molecule has 8 rings (SSSR count). The third kappa shape index (κ3) is 6.17. The Morgan fingerprint density at radius 2 is 1.52 bits per heavy atom. The molecule has 1 amide bonds. The van der Waals surface area contributed by atoms with Crippen LogP contribution in [-0.4, -0.2) is 48.4 Å². The first kappa shape index (κ1) is 33.2. The van der Waals surface area contributed by atoms with Gasteiger partial charge in [-0.1, -0.05) is 12.1 Å². The fourth-order valence-corrected chi connectivity index (χ4v) is 6.63. The van der Waals surface area contributed by atoms with Gasteiger partial charge in [0.15, 0.2) is 23.3 Å². The minimum Gasteiger partial charge on any atom is -0.493 e. The van der Waals surface area contributed by atoms with Gasteiger partial charge in [-0.3, -0.25) is 9.78 Å². The summed E-state index contributed by atoms with van der Waals surface area (Å²) in [6.45, 7) is 2.96. The van der Waals surface area contributed by atoms with Gasteiger partial charge in [-0.25, -0.2) is 22.0 Å². The molecular formula is C39H30F5N5O3. The average Bonchev–Trinajstić information content (AvgIpc) is 3.47. The summed E-state index contributed by atoms with van der Waals surface area (Å²) in [6, 6.07) is 20.6. The quantitative estimate of drug-likeness (QED) is 0.0942. The summed E-state index contributed by atoms with van der Waals surface area (Å²) in [6.07, 6.45) is 5.14. The zero-order chi connectivity index (χ0) is 35.9. The Labute approximate surface area is 294 Å². The second-order valence-corrected chi connectivity index (χ2v) is 12.5. The first-order valence-electron chi connectivity index (χ1n) is 16.6. The molecule has 2 N–H and O–H groups in total. The summed E-state index contributed by atoms with van der Waals surface area (Å²) in [5, 5.41) is 6.95. The highest BCUT2D eigenvalue weighted by molar-refractivity contribution is 6.13. The molecule has 4 heterocycles. The molecule has 8 nitrogen and oxygen atoms in total. The molecule has 264 valence electrons. The summed E-state index contributed by atoms with van der Waals surface area (Å²) < 4.78 is 83.7. The molecule has 1 saturated heterocycles. The SMILES string of the molecule is O=C1Nc2cc(CCOc3ccc(N4CCOCC4)cc3)ccc2Nc2cc(-c3cn(Cc4c(F)c(F)c(F)c(F)c4F)c4cnccc34)ccc21. The molecule has 0 atom stereocenters. The number of nitrogens with zero attached hydrogens (tertiary/aromatic N) is 3. The number of aromatic nitrogens is 2. The Bertz CT molecular complexity index is 2310. The molecular weight excluding hydrogens is 681 g/mol. The summed E-state index contributed by atoms with van der Waals surface area (Å²) in [4.78, 5) is 19.7. The van der Waals surface area contributed by atoms with Crippen LogP contribution in [0.1, 0.15) is 21.5 Å². The van der Waals surface area contributed by atoms with Gasteiger partial charge < -0.3 is 29.6 Å². The molecule has 6 aromatic rings. The zero-order valence-corrected chi connectivity index (χ0v) is 27.5. The smallest absolute Gasteiger partial charge is 0.257 e. The van der Waals surface area contributed by atoms with E-state index in [1.807, 2.05) is 42.5 Å². The van der Waals surface area contributed by atoms with Gasteiger partial charge in [0.1, 0.15) is 5.75 Å². The molecule has 1 fully saturated rings. The van der Waals surface area contributed by atoms with Gasteiger partial charge in [-0.15, -0.1) is 0 Å². The van der Waals surface area contributed by atoms with E-state index in [1.54, 1.807) is 30.5 Å². The number of hydrogen-bond acceptors (Lipinski definition) is 6. The van der Waals surface area contributed by atoms with E-state index < -0.39 is 41.2 Å². The van der Waals surface area contributed by atoms with Gasteiger partial charge >= 0.3 is 0 Å². The molecule has 2 aromatic heterocycles. The number of ether oxygens (including phenoxy) is 2. The summed E-state index contributed by atoms with van der Waals surface area (Å²) >= 11 is 0. The van der Waals surface area contributed by atoms with Crippen LogP contribution in [0.5, 0.6) is 5.75 Å². The van der Waals surface area contributed by atoms with Crippen LogP contribution in [-0.2, 0) is 17.7 Å². The lowest BCUT2D eigenvalue weighted by Gasteiger charge is -2.28. The van der Waals surface area contributed by atoms with E-state index in [1.165, 1.54) is 17.0 Å². The van der Waals surface area contributed by atoms with Crippen LogP contribution < -0.4 is 20.3 Å². The highest BCUT2D eigenvalue weighted by Crippen LogP contribution is 2.38. The fourth-order valence-electron chi connectivity index (χ4n) is 6.63. The Kier molecular flexibility index (Phi) is 8.71. The Morgan fingerprint density at radius 1 is 0.769 bits per heavy atom. The normalized spacial score (nSPS) is 14.0. The summed E-state index contributed by atoms with van der Waals surface area (Å²) in [5.74, 6) is -9.58. The molecule has 0 spiro atoms. The number of rotatable bonds is 8. The summed E-state index contributed by atoms with van der Waals surface area (Å²) in [7, 11) is 0. The highest BCUT2D eigenvalue weighted by atomic mass is 19.2. The van der Waals surface area contributed by atoms with Crippen LogP contribution in [0.4, 0.5) is 44.7 Å². The van der Waals surface area contributed by atoms with E-state index in [0.717, 1.165) is 43.3 Å². The predicted octanol–water partition coefficient (Wildman–Crippen LogP) is 8.21. The molecule has 0 saturated carbocycles. The van der Waals surface area contributed by atoms with Crippen molar-refractivity contribution >= 4 is 39.6 Å². The van der Waals surface area contributed by atoms with Crippen molar-refractivity contribution in [1.29, 1.82) is 0 Å². The van der Waals surface area contributed by atoms with Crippen molar-refractivity contribution in [2.24, 2.45) is 0 Å². The van der Waals surface area contributed by atoms with Crippen LogP contribution in [0.2, 0.25) is 0 Å². The first-order chi connectivity index (χ1) is 25.2. The number of benzene rings is 4. The second kappa shape index (κ2) is 13.6. The standard InChI is InChI=1S/C39H30F5N5O3/c40-34-29(35(41)37(43)38(44)36(34)42)21-49-20-28(26-9-11-45-19-33(26)49)23-2-7-27-31(18-23)46-30-8-1-22(17-32(30)47-39(27)50)10-14-52-25-5-3-24(4-6-25)48-12-15-51-16-13-48/h1-9,11,17-20,46H,10,12-16,21H2,(H,47,50). The van der Waals surface area contributed by atoms with E-state index >= 15 is 0 Å². The number of anilines is 4. The third-order valence-electron chi connectivity index (χ3n) is 9.36. The van der Waals surface area contributed by atoms with Gasteiger partial charge in [0.25, 0.3) is 5.91 Å². The number of nitrogens with one attached hydrogen (secondary N) is 2. The Balaban J connectivity index is 1.01. The minimum absolute atomic E-state index is 0.320. The second-order valence-electron chi connectivity index (χ2n) is 12.5. The Hall–Kier alpha value is -5.95. The maximum absolute atomic E-state index is 14.6. The number of pyridine rings is 1. The number of amides is 1. The van der Waals surface area contributed by atoms with Gasteiger partial charge in [-0.2, -0.15) is 0 Å². The van der Waals surface area contributed by atoms with E-state index in [2.05, 4.69) is 20.5 Å². The third-order valence-corrected chi connectivity index (χ3v) is 9.36. The fraction of sp³-hybridized carbons (Fsp3) is 0.179. The maximum Gasteiger partial charge on any atom is 0.257 e. The predicted molar refractivity (Wildman–Crippen MR) is 187 cm³/mol. The van der Waals surface area contributed by atoms with Gasteiger partial charge in [0.2, 0.25) is 5.82 Å².